The van der Waals surface area contributed by atoms with Gasteiger partial charge in [0.2, 0.25) is 11.0 Å². The Hall–Kier alpha value is -0.820. The Balaban J connectivity index is 2.12. The van der Waals surface area contributed by atoms with Gasteiger partial charge in [-0.25, -0.2) is 0 Å². The SMILES string of the molecule is CCCCCCNC(=O)CSc1nnc(NCCC)s1. The molecule has 114 valence electrons. The predicted molar refractivity (Wildman–Crippen MR) is 86.6 cm³/mol. The van der Waals surface area contributed by atoms with E-state index in [2.05, 4.69) is 34.7 Å². The maximum absolute atomic E-state index is 11.6. The monoisotopic (exact) mass is 316 g/mol. The van der Waals surface area contributed by atoms with Crippen LogP contribution < -0.4 is 10.6 Å². The number of unbranched alkanes of at least 4 members (excludes halogenated alkanes) is 3. The fraction of sp³-hybridized carbons (Fsp3) is 0.769. The molecule has 1 amide bonds. The Morgan fingerprint density at radius 3 is 2.75 bits per heavy atom. The summed E-state index contributed by atoms with van der Waals surface area (Å²) in [5.41, 5.74) is 0. The highest BCUT2D eigenvalue weighted by molar-refractivity contribution is 8.01. The van der Waals surface area contributed by atoms with Crippen molar-refractivity contribution in [3.05, 3.63) is 0 Å². The van der Waals surface area contributed by atoms with E-state index < -0.39 is 0 Å². The number of hydrogen-bond donors (Lipinski definition) is 2. The quantitative estimate of drug-likeness (QED) is 0.485. The number of aromatic nitrogens is 2. The molecule has 5 nitrogen and oxygen atoms in total. The molecule has 7 heteroatoms. The molecular formula is C13H24N4OS2. The first-order chi connectivity index (χ1) is 9.76. The number of carbonyl (C=O) groups is 1. The van der Waals surface area contributed by atoms with Gasteiger partial charge in [-0.2, -0.15) is 0 Å². The van der Waals surface area contributed by atoms with E-state index in [-0.39, 0.29) is 5.91 Å². The normalized spacial score (nSPS) is 10.5. The molecule has 1 rings (SSSR count). The van der Waals surface area contributed by atoms with E-state index in [4.69, 9.17) is 0 Å². The summed E-state index contributed by atoms with van der Waals surface area (Å²) in [4.78, 5) is 11.6. The molecular weight excluding hydrogens is 292 g/mol. The third-order valence-corrected chi connectivity index (χ3v) is 4.63. The first-order valence-corrected chi connectivity index (χ1v) is 9.03. The van der Waals surface area contributed by atoms with E-state index in [9.17, 15) is 4.79 Å². The Morgan fingerprint density at radius 2 is 2.00 bits per heavy atom. The highest BCUT2D eigenvalue weighted by Crippen LogP contribution is 2.25. The largest absolute Gasteiger partial charge is 0.360 e. The van der Waals surface area contributed by atoms with Gasteiger partial charge in [0.15, 0.2) is 4.34 Å². The zero-order valence-corrected chi connectivity index (χ0v) is 13.9. The van der Waals surface area contributed by atoms with Crippen molar-refractivity contribution in [2.24, 2.45) is 0 Å². The van der Waals surface area contributed by atoms with Crippen molar-refractivity contribution < 1.29 is 4.79 Å². The maximum atomic E-state index is 11.6. The Bertz CT molecular complexity index is 384. The van der Waals surface area contributed by atoms with Crippen LogP contribution in [0.4, 0.5) is 5.13 Å². The lowest BCUT2D eigenvalue weighted by Crippen LogP contribution is -2.26. The summed E-state index contributed by atoms with van der Waals surface area (Å²) < 4.78 is 0.838. The maximum Gasteiger partial charge on any atom is 0.230 e. The Kier molecular flexibility index (Phi) is 9.40. The van der Waals surface area contributed by atoms with Crippen LogP contribution in [0.3, 0.4) is 0 Å². The van der Waals surface area contributed by atoms with Gasteiger partial charge < -0.3 is 10.6 Å². The zero-order valence-electron chi connectivity index (χ0n) is 12.3. The highest BCUT2D eigenvalue weighted by Gasteiger charge is 2.07. The number of carbonyl (C=O) groups excluding carboxylic acids is 1. The topological polar surface area (TPSA) is 66.9 Å². The minimum atomic E-state index is 0.0739. The molecule has 0 aliphatic carbocycles. The summed E-state index contributed by atoms with van der Waals surface area (Å²) in [7, 11) is 0. The molecule has 1 heterocycles. The number of hydrogen-bond acceptors (Lipinski definition) is 6. The molecule has 0 aliphatic rings. The number of nitrogens with one attached hydrogen (secondary N) is 2. The van der Waals surface area contributed by atoms with Crippen molar-refractivity contribution in [3.63, 3.8) is 0 Å². The molecule has 0 bridgehead atoms. The van der Waals surface area contributed by atoms with Crippen LogP contribution in [-0.2, 0) is 4.79 Å². The Labute approximate surface area is 129 Å². The molecule has 1 aromatic heterocycles. The third-order valence-electron chi connectivity index (χ3n) is 2.61. The average molecular weight is 316 g/mol. The van der Waals surface area contributed by atoms with Crippen molar-refractivity contribution >= 4 is 34.1 Å². The van der Waals surface area contributed by atoms with E-state index in [0.29, 0.717) is 5.75 Å². The van der Waals surface area contributed by atoms with Crippen molar-refractivity contribution in [2.75, 3.05) is 24.2 Å². The summed E-state index contributed by atoms with van der Waals surface area (Å²) in [6.07, 6.45) is 5.77. The van der Waals surface area contributed by atoms with E-state index in [1.807, 2.05) is 0 Å². The molecule has 1 aromatic rings. The van der Waals surface area contributed by atoms with Gasteiger partial charge in [0.25, 0.3) is 0 Å². The molecule has 20 heavy (non-hydrogen) atoms. The van der Waals surface area contributed by atoms with Crippen molar-refractivity contribution in [2.45, 2.75) is 50.3 Å². The summed E-state index contributed by atoms with van der Waals surface area (Å²) in [6.45, 7) is 5.96. The molecule has 0 spiro atoms. The number of rotatable bonds is 11. The molecule has 0 fully saturated rings. The Morgan fingerprint density at radius 1 is 1.15 bits per heavy atom. The van der Waals surface area contributed by atoms with Gasteiger partial charge in [0, 0.05) is 13.1 Å². The molecule has 0 saturated carbocycles. The van der Waals surface area contributed by atoms with E-state index in [1.54, 1.807) is 0 Å². The minimum Gasteiger partial charge on any atom is -0.360 e. The van der Waals surface area contributed by atoms with Gasteiger partial charge in [0.05, 0.1) is 5.75 Å². The van der Waals surface area contributed by atoms with Crippen LogP contribution in [0.1, 0.15) is 46.0 Å². The number of amides is 1. The van der Waals surface area contributed by atoms with Crippen LogP contribution in [0.15, 0.2) is 4.34 Å². The van der Waals surface area contributed by atoms with Crippen LogP contribution in [0.2, 0.25) is 0 Å². The second-order valence-corrected chi connectivity index (χ2v) is 6.70. The van der Waals surface area contributed by atoms with Crippen molar-refractivity contribution in [1.82, 2.24) is 15.5 Å². The van der Waals surface area contributed by atoms with Gasteiger partial charge in [-0.3, -0.25) is 4.79 Å². The van der Waals surface area contributed by atoms with Crippen molar-refractivity contribution in [3.8, 4) is 0 Å². The fourth-order valence-electron chi connectivity index (χ4n) is 1.53. The lowest BCUT2D eigenvalue weighted by molar-refractivity contribution is -0.118. The molecule has 2 N–H and O–H groups in total. The van der Waals surface area contributed by atoms with Gasteiger partial charge in [-0.1, -0.05) is 56.2 Å². The standard InChI is InChI=1S/C13H24N4OS2/c1-3-5-6-7-9-14-11(18)10-19-13-17-16-12(20-13)15-8-4-2/h3-10H2,1-2H3,(H,14,18)(H,15,16). The van der Waals surface area contributed by atoms with Crippen LogP contribution >= 0.6 is 23.1 Å². The number of nitrogens with zero attached hydrogens (tertiary/aromatic N) is 2. The zero-order chi connectivity index (χ0) is 14.6. The van der Waals surface area contributed by atoms with Gasteiger partial charge >= 0.3 is 0 Å². The van der Waals surface area contributed by atoms with Gasteiger partial charge in [0.1, 0.15) is 0 Å². The highest BCUT2D eigenvalue weighted by atomic mass is 32.2. The van der Waals surface area contributed by atoms with E-state index in [0.717, 1.165) is 35.4 Å². The molecule has 0 saturated heterocycles. The second-order valence-electron chi connectivity index (χ2n) is 4.50. The molecule has 0 aliphatic heterocycles. The number of thioether (sulfide) groups is 1. The van der Waals surface area contributed by atoms with E-state index in [1.165, 1.54) is 42.4 Å². The summed E-state index contributed by atoms with van der Waals surface area (Å²) >= 11 is 2.94. The summed E-state index contributed by atoms with van der Waals surface area (Å²) in [5.74, 6) is 0.487. The van der Waals surface area contributed by atoms with Crippen LogP contribution in [0.25, 0.3) is 0 Å². The molecule has 0 aromatic carbocycles. The predicted octanol–water partition coefficient (Wildman–Crippen LogP) is 3.15. The van der Waals surface area contributed by atoms with E-state index >= 15 is 0 Å². The lowest BCUT2D eigenvalue weighted by Gasteiger charge is -2.03. The molecule has 0 unspecified atom stereocenters. The average Bonchev–Trinajstić information content (AvgIpc) is 2.90. The van der Waals surface area contributed by atoms with Crippen LogP contribution in [0.5, 0.6) is 0 Å². The van der Waals surface area contributed by atoms with Crippen molar-refractivity contribution in [1.29, 1.82) is 0 Å². The first-order valence-electron chi connectivity index (χ1n) is 7.23. The third kappa shape index (κ3) is 7.69. The fourth-order valence-corrected chi connectivity index (χ4v) is 3.14. The van der Waals surface area contributed by atoms with Gasteiger partial charge in [-0.05, 0) is 12.8 Å². The molecule has 0 atom stereocenters. The van der Waals surface area contributed by atoms with Gasteiger partial charge in [-0.15, -0.1) is 10.2 Å². The second kappa shape index (κ2) is 10.9. The van der Waals surface area contributed by atoms with Crippen LogP contribution in [0, 0.1) is 0 Å². The number of anilines is 1. The summed E-state index contributed by atoms with van der Waals surface area (Å²) in [6, 6.07) is 0. The summed E-state index contributed by atoms with van der Waals surface area (Å²) in [5, 5.41) is 15.0. The lowest BCUT2D eigenvalue weighted by atomic mass is 10.2. The molecule has 0 radical (unpaired) electrons. The smallest absolute Gasteiger partial charge is 0.230 e. The minimum absolute atomic E-state index is 0.0739. The van der Waals surface area contributed by atoms with Crippen LogP contribution in [-0.4, -0.2) is 34.9 Å². The first kappa shape index (κ1) is 17.2.